The highest BCUT2D eigenvalue weighted by Crippen LogP contribution is 2.20. The lowest BCUT2D eigenvalue weighted by molar-refractivity contribution is -0.139. The number of cyclic esters (lactones) is 1. The summed E-state index contributed by atoms with van der Waals surface area (Å²) in [6, 6.07) is 7.20. The summed E-state index contributed by atoms with van der Waals surface area (Å²) >= 11 is 2.22. The van der Waals surface area contributed by atoms with E-state index in [1.54, 1.807) is 20.8 Å². The van der Waals surface area contributed by atoms with Gasteiger partial charge in [0.1, 0.15) is 11.6 Å². The highest BCUT2D eigenvalue weighted by Gasteiger charge is 2.39. The summed E-state index contributed by atoms with van der Waals surface area (Å²) in [6.07, 6.45) is -0.0986. The van der Waals surface area contributed by atoms with Crippen molar-refractivity contribution in [3.05, 3.63) is 33.4 Å². The Morgan fingerprint density at radius 3 is 2.57 bits per heavy atom. The van der Waals surface area contributed by atoms with Gasteiger partial charge in [0.25, 0.3) is 0 Å². The van der Waals surface area contributed by atoms with E-state index in [1.165, 1.54) is 4.90 Å². The van der Waals surface area contributed by atoms with Gasteiger partial charge in [0, 0.05) is 9.99 Å². The molecule has 1 atom stereocenters. The number of hydrogen-bond donors (Lipinski definition) is 0. The highest BCUT2D eigenvalue weighted by molar-refractivity contribution is 14.1. The van der Waals surface area contributed by atoms with Gasteiger partial charge in [-0.1, -0.05) is 12.1 Å². The van der Waals surface area contributed by atoms with Gasteiger partial charge in [0.15, 0.2) is 6.73 Å². The first-order valence-electron chi connectivity index (χ1n) is 6.67. The van der Waals surface area contributed by atoms with Crippen molar-refractivity contribution >= 4 is 34.7 Å². The van der Waals surface area contributed by atoms with E-state index in [2.05, 4.69) is 22.6 Å². The number of halogens is 1. The Labute approximate surface area is 137 Å². The molecule has 0 aliphatic carbocycles. The average molecular weight is 403 g/mol. The Balaban J connectivity index is 2.10. The van der Waals surface area contributed by atoms with Crippen molar-refractivity contribution in [2.24, 2.45) is 0 Å². The molecule has 6 heteroatoms. The number of hydrogen-bond acceptors (Lipinski definition) is 4. The second kappa shape index (κ2) is 6.21. The van der Waals surface area contributed by atoms with Crippen LogP contribution in [0, 0.1) is 3.57 Å². The van der Waals surface area contributed by atoms with Crippen molar-refractivity contribution in [2.45, 2.75) is 38.8 Å². The molecule has 2 rings (SSSR count). The molecular weight excluding hydrogens is 385 g/mol. The van der Waals surface area contributed by atoms with Gasteiger partial charge in [-0.3, -0.25) is 4.90 Å². The maximum atomic E-state index is 12.1. The van der Waals surface area contributed by atoms with Gasteiger partial charge in [-0.25, -0.2) is 9.59 Å². The molecule has 5 nitrogen and oxygen atoms in total. The van der Waals surface area contributed by atoms with Gasteiger partial charge in [-0.05, 0) is 61.1 Å². The maximum absolute atomic E-state index is 12.1. The molecule has 114 valence electrons. The summed E-state index contributed by atoms with van der Waals surface area (Å²) in [5, 5.41) is 0. The number of benzene rings is 1. The molecule has 1 heterocycles. The molecule has 0 spiro atoms. The fourth-order valence-corrected chi connectivity index (χ4v) is 2.34. The molecule has 0 radical (unpaired) electrons. The first kappa shape index (κ1) is 16.1. The molecule has 0 bridgehead atoms. The predicted octanol–water partition coefficient (Wildman–Crippen LogP) is 2.95. The van der Waals surface area contributed by atoms with Crippen LogP contribution in [-0.4, -0.2) is 35.3 Å². The van der Waals surface area contributed by atoms with E-state index in [4.69, 9.17) is 9.47 Å². The molecule has 1 unspecified atom stereocenters. The van der Waals surface area contributed by atoms with Crippen molar-refractivity contribution in [2.75, 3.05) is 6.73 Å². The van der Waals surface area contributed by atoms with Crippen LogP contribution in [0.3, 0.4) is 0 Å². The van der Waals surface area contributed by atoms with E-state index in [-0.39, 0.29) is 12.7 Å². The van der Waals surface area contributed by atoms with E-state index in [9.17, 15) is 9.59 Å². The molecular formula is C15H18INO4. The molecule has 1 aliphatic heterocycles. The van der Waals surface area contributed by atoms with Crippen LogP contribution in [0.15, 0.2) is 24.3 Å². The monoisotopic (exact) mass is 403 g/mol. The second-order valence-electron chi connectivity index (χ2n) is 5.89. The maximum Gasteiger partial charge on any atom is 0.413 e. The number of nitrogens with zero attached hydrogens (tertiary/aromatic N) is 1. The summed E-state index contributed by atoms with van der Waals surface area (Å²) in [5.74, 6) is -0.389. The quantitative estimate of drug-likeness (QED) is 0.563. The molecule has 0 N–H and O–H groups in total. The van der Waals surface area contributed by atoms with Crippen LogP contribution in [0.5, 0.6) is 0 Å². The Morgan fingerprint density at radius 1 is 1.38 bits per heavy atom. The van der Waals surface area contributed by atoms with Gasteiger partial charge in [0.05, 0.1) is 0 Å². The van der Waals surface area contributed by atoms with Crippen LogP contribution in [0.1, 0.15) is 26.3 Å². The zero-order valence-electron chi connectivity index (χ0n) is 12.3. The van der Waals surface area contributed by atoms with E-state index in [1.807, 2.05) is 24.3 Å². The minimum atomic E-state index is -0.625. The van der Waals surface area contributed by atoms with Crippen molar-refractivity contribution in [1.82, 2.24) is 4.90 Å². The largest absolute Gasteiger partial charge is 0.444 e. The Bertz CT molecular complexity index is 536. The fourth-order valence-electron chi connectivity index (χ4n) is 1.98. The third-order valence-corrected chi connectivity index (χ3v) is 3.68. The summed E-state index contributed by atoms with van der Waals surface area (Å²) in [5.41, 5.74) is 0.378. The Kier molecular flexibility index (Phi) is 4.75. The number of rotatable bonds is 2. The number of carbonyl (C=O) groups excluding carboxylic acids is 2. The fraction of sp³-hybridized carbons (Fsp3) is 0.467. The highest BCUT2D eigenvalue weighted by atomic mass is 127. The van der Waals surface area contributed by atoms with Crippen LogP contribution in [-0.2, 0) is 20.7 Å². The SMILES string of the molecule is CC(C)(C)OC(=O)N1COC(=O)C1Cc1ccc(I)cc1. The lowest BCUT2D eigenvalue weighted by Crippen LogP contribution is -2.42. The summed E-state index contributed by atoms with van der Waals surface area (Å²) in [4.78, 5) is 25.3. The standard InChI is InChI=1S/C15H18INO4/c1-15(2,3)21-14(19)17-9-20-13(18)12(17)8-10-4-6-11(16)7-5-10/h4-7,12H,8-9H2,1-3H3. The molecule has 1 amide bonds. The van der Waals surface area contributed by atoms with Crippen molar-refractivity contribution in [3.63, 3.8) is 0 Å². The zero-order chi connectivity index (χ0) is 15.6. The summed E-state index contributed by atoms with van der Waals surface area (Å²) in [7, 11) is 0. The second-order valence-corrected chi connectivity index (χ2v) is 7.13. The van der Waals surface area contributed by atoms with E-state index in [0.717, 1.165) is 9.13 Å². The smallest absolute Gasteiger partial charge is 0.413 e. The average Bonchev–Trinajstić information content (AvgIpc) is 2.72. The molecule has 1 fully saturated rings. The summed E-state index contributed by atoms with van der Waals surface area (Å²) in [6.45, 7) is 5.32. The molecule has 1 aromatic carbocycles. The van der Waals surface area contributed by atoms with E-state index < -0.39 is 17.7 Å². The number of esters is 1. The minimum absolute atomic E-state index is 0.0528. The van der Waals surface area contributed by atoms with Crippen LogP contribution >= 0.6 is 22.6 Å². The Morgan fingerprint density at radius 2 is 2.00 bits per heavy atom. The molecule has 1 saturated heterocycles. The lowest BCUT2D eigenvalue weighted by Gasteiger charge is -2.25. The van der Waals surface area contributed by atoms with Gasteiger partial charge in [0.2, 0.25) is 0 Å². The summed E-state index contributed by atoms with van der Waals surface area (Å²) < 4.78 is 11.4. The van der Waals surface area contributed by atoms with Gasteiger partial charge in [-0.2, -0.15) is 0 Å². The van der Waals surface area contributed by atoms with Crippen LogP contribution in [0.25, 0.3) is 0 Å². The van der Waals surface area contributed by atoms with Crippen LogP contribution in [0.2, 0.25) is 0 Å². The zero-order valence-corrected chi connectivity index (χ0v) is 14.4. The van der Waals surface area contributed by atoms with Crippen LogP contribution < -0.4 is 0 Å². The van der Waals surface area contributed by atoms with Crippen LogP contribution in [0.4, 0.5) is 4.79 Å². The van der Waals surface area contributed by atoms with Gasteiger partial charge < -0.3 is 9.47 Å². The number of ether oxygens (including phenoxy) is 2. The molecule has 0 aromatic heterocycles. The lowest BCUT2D eigenvalue weighted by atomic mass is 10.1. The Hall–Kier alpha value is -1.31. The molecule has 21 heavy (non-hydrogen) atoms. The van der Waals surface area contributed by atoms with Gasteiger partial charge >= 0.3 is 12.1 Å². The first-order valence-corrected chi connectivity index (χ1v) is 7.75. The minimum Gasteiger partial charge on any atom is -0.444 e. The number of amides is 1. The third-order valence-electron chi connectivity index (χ3n) is 2.96. The molecule has 0 saturated carbocycles. The van der Waals surface area contributed by atoms with Crippen molar-refractivity contribution in [3.8, 4) is 0 Å². The van der Waals surface area contributed by atoms with Crippen molar-refractivity contribution < 1.29 is 19.1 Å². The van der Waals surface area contributed by atoms with E-state index in [0.29, 0.717) is 6.42 Å². The normalized spacial score (nSPS) is 18.6. The van der Waals surface area contributed by atoms with Crippen molar-refractivity contribution in [1.29, 1.82) is 0 Å². The topological polar surface area (TPSA) is 55.8 Å². The first-order chi connectivity index (χ1) is 9.76. The van der Waals surface area contributed by atoms with E-state index >= 15 is 0 Å². The van der Waals surface area contributed by atoms with Gasteiger partial charge in [-0.15, -0.1) is 0 Å². The third kappa shape index (κ3) is 4.33. The molecule has 1 aliphatic rings. The number of carbonyl (C=O) groups is 2. The predicted molar refractivity (Wildman–Crippen MR) is 85.7 cm³/mol. The molecule has 1 aromatic rings.